The fourth-order valence-corrected chi connectivity index (χ4v) is 3.50. The summed E-state index contributed by atoms with van der Waals surface area (Å²) in [6.45, 7) is 4.38. The molecule has 0 spiro atoms. The van der Waals surface area contributed by atoms with Crippen molar-refractivity contribution in [2.24, 2.45) is 0 Å². The van der Waals surface area contributed by atoms with Gasteiger partial charge in [-0.2, -0.15) is 0 Å². The number of amides is 1. The van der Waals surface area contributed by atoms with Crippen molar-refractivity contribution >= 4 is 29.1 Å². The molecular formula is C21H23ClN4O3. The van der Waals surface area contributed by atoms with E-state index in [0.717, 1.165) is 0 Å². The molecule has 0 bridgehead atoms. The molecule has 0 radical (unpaired) electrons. The van der Waals surface area contributed by atoms with Crippen LogP contribution < -0.4 is 0 Å². The van der Waals surface area contributed by atoms with E-state index in [1.165, 1.54) is 11.1 Å². The number of aliphatic hydroxyl groups excluding tert-OH is 1. The van der Waals surface area contributed by atoms with Gasteiger partial charge in [0.15, 0.2) is 0 Å². The Morgan fingerprint density at radius 3 is 2.45 bits per heavy atom. The number of rotatable bonds is 5. The van der Waals surface area contributed by atoms with Crippen LogP contribution in [-0.2, 0) is 9.59 Å². The van der Waals surface area contributed by atoms with E-state index in [-0.39, 0.29) is 11.3 Å². The molecule has 3 rings (SSSR count). The molecule has 2 aromatic rings. The van der Waals surface area contributed by atoms with Crippen LogP contribution in [0.2, 0.25) is 5.02 Å². The first kappa shape index (κ1) is 21.0. The van der Waals surface area contributed by atoms with Gasteiger partial charge in [0.25, 0.3) is 11.7 Å². The van der Waals surface area contributed by atoms with Gasteiger partial charge in [0, 0.05) is 24.3 Å². The van der Waals surface area contributed by atoms with Gasteiger partial charge in [-0.3, -0.25) is 9.59 Å². The molecule has 1 amide bonds. The Morgan fingerprint density at radius 2 is 1.86 bits per heavy atom. The minimum absolute atomic E-state index is 0.0339. The number of hydrogen-bond donors (Lipinski definition) is 1. The lowest BCUT2D eigenvalue weighted by Crippen LogP contribution is -2.35. The third kappa shape index (κ3) is 4.16. The Hall–Kier alpha value is -2.77. The first-order chi connectivity index (χ1) is 13.7. The number of benzene rings is 1. The molecule has 0 saturated carbocycles. The lowest BCUT2D eigenvalue weighted by Gasteiger charge is -2.26. The zero-order chi connectivity index (χ0) is 21.3. The summed E-state index contributed by atoms with van der Waals surface area (Å²) in [4.78, 5) is 37.5. The summed E-state index contributed by atoms with van der Waals surface area (Å²) in [5, 5.41) is 11.6. The summed E-state index contributed by atoms with van der Waals surface area (Å²) in [6, 6.07) is 6.19. The molecule has 0 unspecified atom stereocenters. The lowest BCUT2D eigenvalue weighted by atomic mass is 9.95. The molecule has 1 aliphatic heterocycles. The zero-order valence-electron chi connectivity index (χ0n) is 16.8. The average Bonchev–Trinajstić information content (AvgIpc) is 2.91. The standard InChI is InChI=1S/C21H23ClN4O3/c1-12-16(11-23-13(2)24-12)19(27)17-18(14-5-7-15(22)8-6-14)26(10-9-25(3)4)21(29)20(17)28/h5-8,11,18,27H,9-10H2,1-4H3/b19-17+/t18-/m0/s1. The number of hydrogen-bond acceptors (Lipinski definition) is 6. The first-order valence-electron chi connectivity index (χ1n) is 9.20. The van der Waals surface area contributed by atoms with Crippen molar-refractivity contribution in [1.82, 2.24) is 19.8 Å². The van der Waals surface area contributed by atoms with Crippen LogP contribution in [0.1, 0.15) is 28.7 Å². The average molecular weight is 415 g/mol. The van der Waals surface area contributed by atoms with Gasteiger partial charge in [-0.25, -0.2) is 9.97 Å². The number of aliphatic hydroxyl groups is 1. The highest BCUT2D eigenvalue weighted by atomic mass is 35.5. The summed E-state index contributed by atoms with van der Waals surface area (Å²) < 4.78 is 0. The second kappa shape index (κ2) is 8.31. The Balaban J connectivity index is 2.17. The van der Waals surface area contributed by atoms with Gasteiger partial charge in [-0.1, -0.05) is 23.7 Å². The number of carbonyl (C=O) groups is 2. The van der Waals surface area contributed by atoms with Crippen molar-refractivity contribution in [3.05, 3.63) is 63.7 Å². The smallest absolute Gasteiger partial charge is 0.295 e. The SMILES string of the molecule is Cc1ncc(/C(O)=C2\C(=O)C(=O)N(CCN(C)C)[C@H]2c2ccc(Cl)cc2)c(C)n1. The van der Waals surface area contributed by atoms with Gasteiger partial charge in [-0.15, -0.1) is 0 Å². The fourth-order valence-electron chi connectivity index (χ4n) is 3.37. The van der Waals surface area contributed by atoms with Crippen molar-refractivity contribution in [2.45, 2.75) is 19.9 Å². The largest absolute Gasteiger partial charge is 0.507 e. The zero-order valence-corrected chi connectivity index (χ0v) is 17.6. The van der Waals surface area contributed by atoms with Crippen LogP contribution in [0.4, 0.5) is 0 Å². The van der Waals surface area contributed by atoms with Crippen molar-refractivity contribution in [2.75, 3.05) is 27.2 Å². The summed E-state index contributed by atoms with van der Waals surface area (Å²) in [6.07, 6.45) is 1.47. The Kier molecular flexibility index (Phi) is 6.00. The number of aryl methyl sites for hydroxylation is 2. The van der Waals surface area contributed by atoms with E-state index < -0.39 is 17.7 Å². The summed E-state index contributed by atoms with van der Waals surface area (Å²) >= 11 is 6.01. The Morgan fingerprint density at radius 1 is 1.21 bits per heavy atom. The van der Waals surface area contributed by atoms with E-state index in [4.69, 9.17) is 11.6 Å². The van der Waals surface area contributed by atoms with Crippen LogP contribution in [0.25, 0.3) is 5.76 Å². The van der Waals surface area contributed by atoms with Gasteiger partial charge in [0.2, 0.25) is 0 Å². The number of aromatic nitrogens is 2. The molecule has 1 aromatic heterocycles. The molecule has 7 nitrogen and oxygen atoms in total. The second-order valence-electron chi connectivity index (χ2n) is 7.26. The first-order valence-corrected chi connectivity index (χ1v) is 9.57. The molecule has 1 fully saturated rings. The highest BCUT2D eigenvalue weighted by molar-refractivity contribution is 6.46. The van der Waals surface area contributed by atoms with Gasteiger partial charge >= 0.3 is 0 Å². The van der Waals surface area contributed by atoms with Gasteiger partial charge in [0.1, 0.15) is 11.6 Å². The third-order valence-corrected chi connectivity index (χ3v) is 5.12. The number of halogens is 1. The molecule has 1 aromatic carbocycles. The van der Waals surface area contributed by atoms with Crippen molar-refractivity contribution < 1.29 is 14.7 Å². The lowest BCUT2D eigenvalue weighted by molar-refractivity contribution is -0.140. The van der Waals surface area contributed by atoms with E-state index in [1.54, 1.807) is 38.1 Å². The summed E-state index contributed by atoms with van der Waals surface area (Å²) in [5.41, 5.74) is 1.59. The van der Waals surface area contributed by atoms with Crippen LogP contribution in [0.5, 0.6) is 0 Å². The maximum absolute atomic E-state index is 12.9. The molecule has 2 heterocycles. The predicted octanol–water partition coefficient (Wildman–Crippen LogP) is 2.73. The number of carbonyl (C=O) groups excluding carboxylic acids is 2. The fraction of sp³-hybridized carbons (Fsp3) is 0.333. The van der Waals surface area contributed by atoms with Gasteiger partial charge in [-0.05, 0) is 45.6 Å². The van der Waals surface area contributed by atoms with Gasteiger partial charge < -0.3 is 14.9 Å². The minimum atomic E-state index is -0.721. The molecule has 1 saturated heterocycles. The van der Waals surface area contributed by atoms with Gasteiger partial charge in [0.05, 0.1) is 22.9 Å². The maximum Gasteiger partial charge on any atom is 0.295 e. The number of ketones is 1. The van der Waals surface area contributed by atoms with Crippen LogP contribution in [-0.4, -0.2) is 63.7 Å². The minimum Gasteiger partial charge on any atom is -0.507 e. The second-order valence-corrected chi connectivity index (χ2v) is 7.70. The summed E-state index contributed by atoms with van der Waals surface area (Å²) in [7, 11) is 3.78. The highest BCUT2D eigenvalue weighted by Crippen LogP contribution is 2.39. The highest BCUT2D eigenvalue weighted by Gasteiger charge is 2.46. The molecule has 1 atom stereocenters. The number of nitrogens with zero attached hydrogens (tertiary/aromatic N) is 4. The van der Waals surface area contributed by atoms with E-state index in [1.807, 2.05) is 19.0 Å². The molecule has 0 aliphatic carbocycles. The molecular weight excluding hydrogens is 392 g/mol. The van der Waals surface area contributed by atoms with Crippen LogP contribution in [0, 0.1) is 13.8 Å². The molecule has 1 N–H and O–H groups in total. The number of likely N-dealkylation sites (N-methyl/N-ethyl adjacent to an activating group) is 1. The van der Waals surface area contributed by atoms with E-state index in [2.05, 4.69) is 9.97 Å². The van der Waals surface area contributed by atoms with E-state index in [9.17, 15) is 14.7 Å². The molecule has 1 aliphatic rings. The maximum atomic E-state index is 12.9. The number of Topliss-reactive ketones (excluding diaryl/α,β-unsaturated/α-hetero) is 1. The summed E-state index contributed by atoms with van der Waals surface area (Å²) in [5.74, 6) is -1.08. The third-order valence-electron chi connectivity index (χ3n) is 4.87. The van der Waals surface area contributed by atoms with Crippen LogP contribution in [0.3, 0.4) is 0 Å². The Bertz CT molecular complexity index is 986. The van der Waals surface area contributed by atoms with Crippen molar-refractivity contribution in [1.29, 1.82) is 0 Å². The quantitative estimate of drug-likeness (QED) is 0.460. The normalized spacial score (nSPS) is 18.7. The van der Waals surface area contributed by atoms with Crippen molar-refractivity contribution in [3.63, 3.8) is 0 Å². The molecule has 152 valence electrons. The predicted molar refractivity (Wildman–Crippen MR) is 111 cm³/mol. The van der Waals surface area contributed by atoms with Crippen molar-refractivity contribution in [3.8, 4) is 0 Å². The van der Waals surface area contributed by atoms with E-state index >= 15 is 0 Å². The molecule has 8 heteroatoms. The van der Waals surface area contributed by atoms with E-state index in [0.29, 0.717) is 40.8 Å². The monoisotopic (exact) mass is 414 g/mol. The van der Waals surface area contributed by atoms with Crippen LogP contribution >= 0.6 is 11.6 Å². The Labute approximate surface area is 174 Å². The van der Waals surface area contributed by atoms with Crippen LogP contribution in [0.15, 0.2) is 36.0 Å². The number of likely N-dealkylation sites (tertiary alicyclic amines) is 1. The topological polar surface area (TPSA) is 86.6 Å². The molecule has 29 heavy (non-hydrogen) atoms.